The summed E-state index contributed by atoms with van der Waals surface area (Å²) in [6.07, 6.45) is 0.786. The van der Waals surface area contributed by atoms with Gasteiger partial charge in [0.05, 0.1) is 5.56 Å². The summed E-state index contributed by atoms with van der Waals surface area (Å²) >= 11 is 0. The monoisotopic (exact) mass is 365 g/mol. The maximum Gasteiger partial charge on any atom is 0.254 e. The van der Waals surface area contributed by atoms with Crippen molar-refractivity contribution in [1.29, 1.82) is 0 Å². The third kappa shape index (κ3) is 3.54. The molecule has 0 spiro atoms. The molecule has 0 radical (unpaired) electrons. The van der Waals surface area contributed by atoms with Crippen LogP contribution < -0.4 is 10.6 Å². The molecule has 140 valence electrons. The summed E-state index contributed by atoms with van der Waals surface area (Å²) in [5, 5.41) is 5.34. The van der Waals surface area contributed by atoms with E-state index in [0.29, 0.717) is 6.42 Å². The molecule has 26 heavy (non-hydrogen) atoms. The fraction of sp³-hybridized carbons (Fsp3) is 0.500. The summed E-state index contributed by atoms with van der Waals surface area (Å²) in [5.41, 5.74) is -0.400. The van der Waals surface area contributed by atoms with Crippen molar-refractivity contribution in [2.45, 2.75) is 44.8 Å². The zero-order valence-corrected chi connectivity index (χ0v) is 14.6. The van der Waals surface area contributed by atoms with Gasteiger partial charge in [-0.3, -0.25) is 14.4 Å². The minimum atomic E-state index is -0.828. The van der Waals surface area contributed by atoms with Crippen LogP contribution in [0.25, 0.3) is 0 Å². The van der Waals surface area contributed by atoms with Gasteiger partial charge in [-0.25, -0.2) is 8.78 Å². The molecule has 3 rings (SSSR count). The summed E-state index contributed by atoms with van der Waals surface area (Å²) in [5.74, 6) is -2.48. The molecule has 2 fully saturated rings. The molecule has 2 aliphatic rings. The number of halogens is 2. The van der Waals surface area contributed by atoms with Crippen LogP contribution in [-0.2, 0) is 9.59 Å². The molecule has 0 aliphatic carbocycles. The molecule has 2 heterocycles. The van der Waals surface area contributed by atoms with Crippen LogP contribution in [0.2, 0.25) is 0 Å². The standard InChI is InChI=1S/C18H21F2N3O3/c1-9(2)5-14-18(26)23-8-11(7-15(23)17(25)22-14)21-16(24)12-6-10(19)3-4-13(12)20/h3-4,6,9,11,14-15H,5,7-8H2,1-2H3,(H,21,24)(H,22,25)/t11-,14-,15-/m0/s1. The van der Waals surface area contributed by atoms with E-state index in [2.05, 4.69) is 10.6 Å². The van der Waals surface area contributed by atoms with E-state index in [-0.39, 0.29) is 30.7 Å². The lowest BCUT2D eigenvalue weighted by molar-refractivity contribution is -0.147. The van der Waals surface area contributed by atoms with Crippen LogP contribution in [0.15, 0.2) is 18.2 Å². The number of nitrogens with zero attached hydrogens (tertiary/aromatic N) is 1. The highest BCUT2D eigenvalue weighted by atomic mass is 19.1. The molecule has 2 N–H and O–H groups in total. The van der Waals surface area contributed by atoms with Gasteiger partial charge in [-0.1, -0.05) is 13.8 Å². The number of amides is 3. The Hall–Kier alpha value is -2.51. The van der Waals surface area contributed by atoms with Gasteiger partial charge in [0.25, 0.3) is 5.91 Å². The number of rotatable bonds is 4. The van der Waals surface area contributed by atoms with Gasteiger partial charge < -0.3 is 15.5 Å². The van der Waals surface area contributed by atoms with Crippen molar-refractivity contribution in [3.63, 3.8) is 0 Å². The number of hydrogen-bond donors (Lipinski definition) is 2. The van der Waals surface area contributed by atoms with Crippen molar-refractivity contribution in [2.24, 2.45) is 5.92 Å². The van der Waals surface area contributed by atoms with Crippen LogP contribution in [0, 0.1) is 17.6 Å². The highest BCUT2D eigenvalue weighted by molar-refractivity contribution is 5.98. The van der Waals surface area contributed by atoms with E-state index >= 15 is 0 Å². The molecule has 2 aliphatic heterocycles. The summed E-state index contributed by atoms with van der Waals surface area (Å²) in [6.45, 7) is 4.10. The maximum absolute atomic E-state index is 13.7. The third-order valence-electron chi connectivity index (χ3n) is 4.72. The highest BCUT2D eigenvalue weighted by Crippen LogP contribution is 2.25. The third-order valence-corrected chi connectivity index (χ3v) is 4.72. The van der Waals surface area contributed by atoms with E-state index in [0.717, 1.165) is 18.2 Å². The van der Waals surface area contributed by atoms with E-state index in [9.17, 15) is 23.2 Å². The highest BCUT2D eigenvalue weighted by Gasteiger charge is 2.46. The quantitative estimate of drug-likeness (QED) is 0.842. The molecule has 0 aromatic heterocycles. The Balaban J connectivity index is 1.69. The number of nitrogens with one attached hydrogen (secondary N) is 2. The van der Waals surface area contributed by atoms with Gasteiger partial charge in [0.2, 0.25) is 11.8 Å². The van der Waals surface area contributed by atoms with Gasteiger partial charge >= 0.3 is 0 Å². The fourth-order valence-corrected chi connectivity index (χ4v) is 3.53. The van der Waals surface area contributed by atoms with Crippen LogP contribution in [0.1, 0.15) is 37.0 Å². The topological polar surface area (TPSA) is 78.5 Å². The second-order valence-electron chi connectivity index (χ2n) is 7.23. The van der Waals surface area contributed by atoms with E-state index in [1.54, 1.807) is 0 Å². The van der Waals surface area contributed by atoms with Gasteiger partial charge in [0, 0.05) is 12.6 Å². The molecule has 0 bridgehead atoms. The van der Waals surface area contributed by atoms with Crippen molar-refractivity contribution < 1.29 is 23.2 Å². The first-order valence-electron chi connectivity index (χ1n) is 8.63. The Morgan fingerprint density at radius 3 is 2.77 bits per heavy atom. The van der Waals surface area contributed by atoms with Gasteiger partial charge in [-0.2, -0.15) is 0 Å². The molecular weight excluding hydrogens is 344 g/mol. The first-order chi connectivity index (χ1) is 12.3. The average Bonchev–Trinajstić information content (AvgIpc) is 2.98. The van der Waals surface area contributed by atoms with Crippen molar-refractivity contribution in [1.82, 2.24) is 15.5 Å². The number of hydrogen-bond acceptors (Lipinski definition) is 3. The van der Waals surface area contributed by atoms with Crippen LogP contribution in [0.3, 0.4) is 0 Å². The molecule has 6 nitrogen and oxygen atoms in total. The molecule has 1 aromatic rings. The van der Waals surface area contributed by atoms with Crippen LogP contribution >= 0.6 is 0 Å². The lowest BCUT2D eigenvalue weighted by atomic mass is 9.99. The molecule has 0 unspecified atom stereocenters. The SMILES string of the molecule is CC(C)C[C@@H]1NC(=O)[C@@H]2C[C@H](NC(=O)c3cc(F)ccc3F)CN2C1=O. The number of benzene rings is 1. The van der Waals surface area contributed by atoms with E-state index in [1.165, 1.54) is 4.90 Å². The summed E-state index contributed by atoms with van der Waals surface area (Å²) in [6, 6.07) is 0.934. The Labute approximate surface area is 149 Å². The zero-order valence-electron chi connectivity index (χ0n) is 14.6. The Kier molecular flexibility index (Phi) is 4.93. The number of piperazine rings is 1. The van der Waals surface area contributed by atoms with Crippen LogP contribution in [0.5, 0.6) is 0 Å². The number of carbonyl (C=O) groups is 3. The van der Waals surface area contributed by atoms with Crippen molar-refractivity contribution in [3.8, 4) is 0 Å². The Bertz CT molecular complexity index is 753. The van der Waals surface area contributed by atoms with Gasteiger partial charge in [0.15, 0.2) is 0 Å². The summed E-state index contributed by atoms with van der Waals surface area (Å²) in [4.78, 5) is 38.6. The zero-order chi connectivity index (χ0) is 19.0. The Morgan fingerprint density at radius 1 is 1.35 bits per heavy atom. The molecule has 2 saturated heterocycles. The lowest BCUT2D eigenvalue weighted by Gasteiger charge is -2.35. The minimum Gasteiger partial charge on any atom is -0.347 e. The van der Waals surface area contributed by atoms with Crippen molar-refractivity contribution in [3.05, 3.63) is 35.4 Å². The predicted octanol–water partition coefficient (Wildman–Crippen LogP) is 1.21. The molecule has 3 amide bonds. The summed E-state index contributed by atoms with van der Waals surface area (Å²) < 4.78 is 27.0. The average molecular weight is 365 g/mol. The second-order valence-corrected chi connectivity index (χ2v) is 7.23. The Morgan fingerprint density at radius 2 is 2.08 bits per heavy atom. The molecule has 8 heteroatoms. The fourth-order valence-electron chi connectivity index (χ4n) is 3.53. The lowest BCUT2D eigenvalue weighted by Crippen LogP contribution is -2.61. The van der Waals surface area contributed by atoms with E-state index < -0.39 is 41.2 Å². The van der Waals surface area contributed by atoms with Gasteiger partial charge in [-0.05, 0) is 37.0 Å². The second kappa shape index (κ2) is 7.01. The molecule has 0 saturated carbocycles. The largest absolute Gasteiger partial charge is 0.347 e. The maximum atomic E-state index is 13.7. The van der Waals surface area contributed by atoms with Gasteiger partial charge in [0.1, 0.15) is 23.7 Å². The van der Waals surface area contributed by atoms with Crippen LogP contribution in [0.4, 0.5) is 8.78 Å². The number of carbonyl (C=O) groups excluding carboxylic acids is 3. The van der Waals surface area contributed by atoms with E-state index in [4.69, 9.17) is 0 Å². The van der Waals surface area contributed by atoms with E-state index in [1.807, 2.05) is 13.8 Å². The van der Waals surface area contributed by atoms with Crippen molar-refractivity contribution >= 4 is 17.7 Å². The van der Waals surface area contributed by atoms with Crippen LogP contribution in [-0.4, -0.2) is 47.3 Å². The molecule has 1 aromatic carbocycles. The first-order valence-corrected chi connectivity index (χ1v) is 8.63. The first kappa shape index (κ1) is 18.3. The minimum absolute atomic E-state index is 0.169. The van der Waals surface area contributed by atoms with Crippen molar-refractivity contribution in [2.75, 3.05) is 6.54 Å². The summed E-state index contributed by atoms with van der Waals surface area (Å²) in [7, 11) is 0. The molecule has 3 atom stereocenters. The van der Waals surface area contributed by atoms with Gasteiger partial charge in [-0.15, -0.1) is 0 Å². The molecular formula is C18H21F2N3O3. The number of fused-ring (bicyclic) bond motifs is 1. The smallest absolute Gasteiger partial charge is 0.254 e. The predicted molar refractivity (Wildman–Crippen MR) is 89.1 cm³/mol. The normalized spacial score (nSPS) is 25.3.